The molecular formula is C26H36O8. The van der Waals surface area contributed by atoms with Crippen LogP contribution in [0.15, 0.2) is 23.3 Å². The molecule has 8 heteroatoms. The first-order chi connectivity index (χ1) is 15.7. The average Bonchev–Trinajstić information content (AvgIpc) is 3.15. The number of allylic oxidation sites excluding steroid dienone is 1. The lowest BCUT2D eigenvalue weighted by atomic mass is 9.59. The molecule has 8 nitrogen and oxygen atoms in total. The number of aliphatic hydroxyl groups is 3. The molecule has 3 N–H and O–H groups in total. The van der Waals surface area contributed by atoms with Gasteiger partial charge in [-0.05, 0) is 36.8 Å². The number of hydrogen-bond donors (Lipinski definition) is 3. The molecule has 4 rings (SSSR count). The first-order valence-electron chi connectivity index (χ1n) is 12.1. The minimum Gasteiger partial charge on any atom is -0.461 e. The van der Waals surface area contributed by atoms with Crippen molar-refractivity contribution >= 4 is 17.7 Å². The van der Waals surface area contributed by atoms with Crippen molar-refractivity contribution in [1.29, 1.82) is 0 Å². The topological polar surface area (TPSA) is 130 Å². The molecule has 0 aliphatic heterocycles. The number of ketones is 1. The molecule has 0 aromatic heterocycles. The maximum absolute atomic E-state index is 14.3. The van der Waals surface area contributed by atoms with E-state index >= 15 is 0 Å². The summed E-state index contributed by atoms with van der Waals surface area (Å²) >= 11 is 0. The normalized spacial score (nSPS) is 44.0. The zero-order valence-electron chi connectivity index (χ0n) is 20.8. The highest BCUT2D eigenvalue weighted by molar-refractivity contribution is 5.95. The highest BCUT2D eigenvalue weighted by Crippen LogP contribution is 2.75. The fourth-order valence-corrected chi connectivity index (χ4v) is 7.36. The molecule has 2 bridgehead atoms. The van der Waals surface area contributed by atoms with Crippen LogP contribution in [0.2, 0.25) is 0 Å². The van der Waals surface area contributed by atoms with Crippen LogP contribution in [0.1, 0.15) is 60.8 Å². The number of carbonyl (C=O) groups is 3. The Hall–Kier alpha value is -2.03. The second-order valence-corrected chi connectivity index (χ2v) is 11.2. The Morgan fingerprint density at radius 3 is 2.44 bits per heavy atom. The van der Waals surface area contributed by atoms with Crippen molar-refractivity contribution < 1.29 is 39.2 Å². The fourth-order valence-electron chi connectivity index (χ4n) is 7.36. The van der Waals surface area contributed by atoms with Gasteiger partial charge in [-0.1, -0.05) is 39.8 Å². The Balaban J connectivity index is 1.92. The van der Waals surface area contributed by atoms with Gasteiger partial charge in [-0.15, -0.1) is 0 Å². The van der Waals surface area contributed by atoms with E-state index in [1.54, 1.807) is 26.0 Å². The summed E-state index contributed by atoms with van der Waals surface area (Å²) in [5.41, 5.74) is -4.75. The Morgan fingerprint density at radius 2 is 1.85 bits per heavy atom. The summed E-state index contributed by atoms with van der Waals surface area (Å²) in [6.45, 7) is 10.2. The number of carbonyl (C=O) groups excluding carboxylic acids is 3. The van der Waals surface area contributed by atoms with Crippen molar-refractivity contribution in [3.05, 3.63) is 23.3 Å². The standard InChI is InChI=1S/C26H36O8/c1-7-8-18(28)34-25-11-14(3)24-10-13(2)20(29)26(24,32)21(30)16(12-33-15(4)27)9-17(22(24)31)19(25)23(25,5)6/h9-10,14,17,19-21,29-30,32H,7-8,11-12H2,1-6H3/t14?,17-,19+,20-,21+,24?,25-,26+/m0/s1. The second-order valence-electron chi connectivity index (χ2n) is 11.2. The minimum absolute atomic E-state index is 0.158. The predicted molar refractivity (Wildman–Crippen MR) is 121 cm³/mol. The predicted octanol–water partition coefficient (Wildman–Crippen LogP) is 1.85. The smallest absolute Gasteiger partial charge is 0.306 e. The highest BCUT2D eigenvalue weighted by atomic mass is 16.6. The van der Waals surface area contributed by atoms with Gasteiger partial charge in [-0.3, -0.25) is 14.4 Å². The van der Waals surface area contributed by atoms with Gasteiger partial charge in [0.2, 0.25) is 0 Å². The van der Waals surface area contributed by atoms with Crippen molar-refractivity contribution in [3.8, 4) is 0 Å². The monoisotopic (exact) mass is 476 g/mol. The lowest BCUT2D eigenvalue weighted by molar-refractivity contribution is -0.192. The molecule has 2 saturated carbocycles. The number of esters is 2. The minimum atomic E-state index is -2.25. The van der Waals surface area contributed by atoms with E-state index in [9.17, 15) is 29.7 Å². The van der Waals surface area contributed by atoms with Gasteiger partial charge >= 0.3 is 11.9 Å². The number of fused-ring (bicyclic) bond motifs is 3. The van der Waals surface area contributed by atoms with Gasteiger partial charge in [0.15, 0.2) is 5.78 Å². The zero-order valence-corrected chi connectivity index (χ0v) is 20.8. The van der Waals surface area contributed by atoms with E-state index in [1.807, 2.05) is 20.8 Å². The molecule has 0 radical (unpaired) electrons. The molecule has 188 valence electrons. The molecular weight excluding hydrogens is 440 g/mol. The van der Waals surface area contributed by atoms with Gasteiger partial charge in [-0.25, -0.2) is 0 Å². The van der Waals surface area contributed by atoms with E-state index < -0.39 is 52.0 Å². The van der Waals surface area contributed by atoms with Gasteiger partial charge in [0.25, 0.3) is 0 Å². The fraction of sp³-hybridized carbons (Fsp3) is 0.731. The van der Waals surface area contributed by atoms with Crippen LogP contribution < -0.4 is 0 Å². The number of rotatable bonds is 5. The SMILES string of the molecule is CCCC(=O)O[C@@]12CC(C)C34C=C(C)[C@H](O)[C@@]3(O)[C@H](O)C(COC(C)=O)=C[C@H](C4=O)[C@@H]1C2(C)C. The molecule has 4 aliphatic carbocycles. The van der Waals surface area contributed by atoms with Crippen LogP contribution in [0.5, 0.6) is 0 Å². The first-order valence-corrected chi connectivity index (χ1v) is 12.1. The summed E-state index contributed by atoms with van der Waals surface area (Å²) in [6, 6.07) is 0. The highest BCUT2D eigenvalue weighted by Gasteiger charge is 2.83. The molecule has 0 heterocycles. The third kappa shape index (κ3) is 2.91. The summed E-state index contributed by atoms with van der Waals surface area (Å²) in [5.74, 6) is -2.98. The van der Waals surface area contributed by atoms with E-state index in [4.69, 9.17) is 9.47 Å². The summed E-state index contributed by atoms with van der Waals surface area (Å²) in [4.78, 5) is 38.5. The third-order valence-electron chi connectivity index (χ3n) is 9.06. The van der Waals surface area contributed by atoms with E-state index in [2.05, 4.69) is 0 Å². The van der Waals surface area contributed by atoms with Crippen molar-refractivity contribution in [1.82, 2.24) is 0 Å². The summed E-state index contributed by atoms with van der Waals surface area (Å²) in [7, 11) is 0. The molecule has 0 amide bonds. The summed E-state index contributed by atoms with van der Waals surface area (Å²) < 4.78 is 11.3. The lowest BCUT2D eigenvalue weighted by Crippen LogP contribution is -2.65. The Kier molecular flexibility index (Phi) is 5.70. The molecule has 4 aliphatic rings. The summed E-state index contributed by atoms with van der Waals surface area (Å²) in [6.07, 6.45) is 1.25. The van der Waals surface area contributed by atoms with E-state index in [0.717, 1.165) is 0 Å². The van der Waals surface area contributed by atoms with Gasteiger partial charge in [0.1, 0.15) is 30.0 Å². The van der Waals surface area contributed by atoms with E-state index in [-0.39, 0.29) is 36.3 Å². The van der Waals surface area contributed by atoms with Gasteiger partial charge in [0.05, 0.1) is 5.41 Å². The van der Waals surface area contributed by atoms with Crippen molar-refractivity contribution in [2.75, 3.05) is 6.61 Å². The molecule has 1 spiro atoms. The van der Waals surface area contributed by atoms with Crippen LogP contribution in [-0.4, -0.2) is 63.1 Å². The molecule has 34 heavy (non-hydrogen) atoms. The zero-order chi connectivity index (χ0) is 25.4. The first kappa shape index (κ1) is 25.1. The Morgan fingerprint density at radius 1 is 1.21 bits per heavy atom. The molecule has 8 atom stereocenters. The van der Waals surface area contributed by atoms with Gasteiger partial charge in [0, 0.05) is 30.6 Å². The van der Waals surface area contributed by atoms with Crippen molar-refractivity contribution in [3.63, 3.8) is 0 Å². The van der Waals surface area contributed by atoms with Crippen LogP contribution in [-0.2, 0) is 23.9 Å². The van der Waals surface area contributed by atoms with Crippen LogP contribution >= 0.6 is 0 Å². The van der Waals surface area contributed by atoms with Gasteiger partial charge in [-0.2, -0.15) is 0 Å². The number of ether oxygens (including phenoxy) is 2. The lowest BCUT2D eigenvalue weighted by Gasteiger charge is -2.48. The molecule has 0 aromatic carbocycles. The Bertz CT molecular complexity index is 995. The maximum Gasteiger partial charge on any atom is 0.306 e. The largest absolute Gasteiger partial charge is 0.461 e. The second kappa shape index (κ2) is 7.73. The third-order valence-corrected chi connectivity index (χ3v) is 9.06. The molecule has 2 fully saturated rings. The van der Waals surface area contributed by atoms with Crippen LogP contribution in [0.4, 0.5) is 0 Å². The maximum atomic E-state index is 14.3. The number of aliphatic hydroxyl groups excluding tert-OH is 2. The number of Topliss-reactive ketones (excluding diaryl/α,β-unsaturated/α-hetero) is 1. The van der Waals surface area contributed by atoms with Crippen molar-refractivity contribution in [2.24, 2.45) is 28.6 Å². The Labute approximate surface area is 200 Å². The average molecular weight is 477 g/mol. The molecule has 0 saturated heterocycles. The van der Waals surface area contributed by atoms with Crippen molar-refractivity contribution in [2.45, 2.75) is 84.2 Å². The summed E-state index contributed by atoms with van der Waals surface area (Å²) in [5, 5.41) is 34.5. The molecule has 2 unspecified atom stereocenters. The number of hydrogen-bond acceptors (Lipinski definition) is 8. The molecule has 0 aromatic rings. The van der Waals surface area contributed by atoms with Crippen LogP contribution in [0, 0.1) is 28.6 Å². The van der Waals surface area contributed by atoms with Crippen LogP contribution in [0.3, 0.4) is 0 Å². The quantitative estimate of drug-likeness (QED) is 0.405. The van der Waals surface area contributed by atoms with Crippen LogP contribution in [0.25, 0.3) is 0 Å². The van der Waals surface area contributed by atoms with Gasteiger partial charge < -0.3 is 24.8 Å². The van der Waals surface area contributed by atoms with E-state index in [1.165, 1.54) is 6.92 Å². The van der Waals surface area contributed by atoms with E-state index in [0.29, 0.717) is 18.4 Å².